The first kappa shape index (κ1) is 25.2. The molecule has 0 saturated carbocycles. The first-order chi connectivity index (χ1) is 16.2. The van der Waals surface area contributed by atoms with Gasteiger partial charge in [-0.1, -0.05) is 29.3 Å². The first-order valence-electron chi connectivity index (χ1n) is 10.1. The second-order valence-electron chi connectivity index (χ2n) is 7.26. The summed E-state index contributed by atoms with van der Waals surface area (Å²) in [6.45, 7) is 1.42. The second-order valence-corrected chi connectivity index (χ2v) is 9.53. The minimum atomic E-state index is -4.14. The van der Waals surface area contributed by atoms with Crippen molar-refractivity contribution in [1.29, 1.82) is 0 Å². The lowest BCUT2D eigenvalue weighted by atomic mass is 10.2. The Hall–Kier alpha value is -3.43. The van der Waals surface area contributed by atoms with Gasteiger partial charge in [0, 0.05) is 11.8 Å². The molecule has 0 bridgehead atoms. The van der Waals surface area contributed by atoms with E-state index in [0.717, 1.165) is 9.87 Å². The first-order valence-corrected chi connectivity index (χ1v) is 12.0. The van der Waals surface area contributed by atoms with E-state index in [4.69, 9.17) is 25.8 Å². The van der Waals surface area contributed by atoms with Crippen LogP contribution < -0.4 is 23.8 Å². The lowest BCUT2D eigenvalue weighted by Crippen LogP contribution is -2.38. The molecule has 0 aliphatic heterocycles. The van der Waals surface area contributed by atoms with Crippen molar-refractivity contribution < 1.29 is 27.4 Å². The predicted molar refractivity (Wildman–Crippen MR) is 132 cm³/mol. The Bertz CT molecular complexity index is 1280. The highest BCUT2D eigenvalue weighted by molar-refractivity contribution is 7.92. The summed E-state index contributed by atoms with van der Waals surface area (Å²) in [7, 11) is 0.219. The van der Waals surface area contributed by atoms with Gasteiger partial charge in [-0.05, 0) is 49.4 Å². The van der Waals surface area contributed by atoms with Crippen LogP contribution >= 0.6 is 11.6 Å². The standard InChI is InChI=1S/C24H25ClN2O6S/c1-16-5-8-18(9-6-16)27(15-24(28)26-17-7-11-21(31-2)20(25)13-17)34(29,30)19-10-12-22(32-3)23(14-19)33-4/h5-14H,15H2,1-4H3,(H,26,28). The van der Waals surface area contributed by atoms with Gasteiger partial charge in [0.2, 0.25) is 5.91 Å². The zero-order chi connectivity index (χ0) is 24.9. The summed E-state index contributed by atoms with van der Waals surface area (Å²) in [5.41, 5.74) is 1.69. The third kappa shape index (κ3) is 5.55. The molecule has 0 aliphatic carbocycles. The van der Waals surface area contributed by atoms with Crippen LogP contribution in [0.4, 0.5) is 11.4 Å². The highest BCUT2D eigenvalue weighted by atomic mass is 35.5. The minimum Gasteiger partial charge on any atom is -0.495 e. The van der Waals surface area contributed by atoms with E-state index in [0.29, 0.717) is 27.9 Å². The van der Waals surface area contributed by atoms with E-state index in [1.54, 1.807) is 36.4 Å². The molecular weight excluding hydrogens is 480 g/mol. The summed E-state index contributed by atoms with van der Waals surface area (Å²) in [5, 5.41) is 2.99. The number of amides is 1. The number of anilines is 2. The number of benzene rings is 3. The van der Waals surface area contributed by atoms with Crippen LogP contribution in [0.2, 0.25) is 5.02 Å². The predicted octanol–water partition coefficient (Wildman–Crippen LogP) is 4.51. The highest BCUT2D eigenvalue weighted by Gasteiger charge is 2.28. The van der Waals surface area contributed by atoms with E-state index >= 15 is 0 Å². The van der Waals surface area contributed by atoms with Crippen LogP contribution in [0.5, 0.6) is 17.2 Å². The van der Waals surface area contributed by atoms with Crippen LogP contribution in [0.15, 0.2) is 65.6 Å². The average molecular weight is 505 g/mol. The summed E-state index contributed by atoms with van der Waals surface area (Å²) in [6, 6.07) is 15.8. The number of carbonyl (C=O) groups is 1. The van der Waals surface area contributed by atoms with Crippen LogP contribution in [0.3, 0.4) is 0 Å². The molecule has 0 aliphatic rings. The molecule has 8 nitrogen and oxygen atoms in total. The zero-order valence-electron chi connectivity index (χ0n) is 19.2. The lowest BCUT2D eigenvalue weighted by Gasteiger charge is -2.24. The Morgan fingerprint density at radius 3 is 2.09 bits per heavy atom. The molecule has 1 amide bonds. The third-order valence-electron chi connectivity index (χ3n) is 4.99. The fraction of sp³-hybridized carbons (Fsp3) is 0.208. The Balaban J connectivity index is 1.96. The highest BCUT2D eigenvalue weighted by Crippen LogP contribution is 2.32. The maximum atomic E-state index is 13.6. The van der Waals surface area contributed by atoms with Crippen LogP contribution in [-0.2, 0) is 14.8 Å². The van der Waals surface area contributed by atoms with Gasteiger partial charge in [0.25, 0.3) is 10.0 Å². The van der Waals surface area contributed by atoms with E-state index in [-0.39, 0.29) is 10.6 Å². The minimum absolute atomic E-state index is 0.0500. The van der Waals surface area contributed by atoms with Gasteiger partial charge in [-0.25, -0.2) is 8.42 Å². The number of halogens is 1. The summed E-state index contributed by atoms with van der Waals surface area (Å²) >= 11 is 6.13. The molecule has 0 aromatic heterocycles. The van der Waals surface area contributed by atoms with Crippen molar-refractivity contribution in [3.05, 3.63) is 71.2 Å². The van der Waals surface area contributed by atoms with Crippen molar-refractivity contribution >= 4 is 38.9 Å². The average Bonchev–Trinajstić information content (AvgIpc) is 2.82. The molecule has 3 aromatic rings. The van der Waals surface area contributed by atoms with Crippen molar-refractivity contribution in [2.24, 2.45) is 0 Å². The molecule has 0 fully saturated rings. The second kappa shape index (κ2) is 10.7. The Labute approximate surface area is 204 Å². The summed E-state index contributed by atoms with van der Waals surface area (Å²) < 4.78 is 43.9. The number of nitrogens with zero attached hydrogens (tertiary/aromatic N) is 1. The van der Waals surface area contributed by atoms with Gasteiger partial charge in [-0.15, -0.1) is 0 Å². The Kier molecular flexibility index (Phi) is 7.90. The maximum absolute atomic E-state index is 13.6. The van der Waals surface area contributed by atoms with Gasteiger partial charge in [-0.3, -0.25) is 9.10 Å². The molecule has 10 heteroatoms. The van der Waals surface area contributed by atoms with Gasteiger partial charge in [0.05, 0.1) is 36.9 Å². The number of carbonyl (C=O) groups excluding carboxylic acids is 1. The van der Waals surface area contributed by atoms with Crippen LogP contribution in [0, 0.1) is 6.92 Å². The van der Waals surface area contributed by atoms with Crippen molar-refractivity contribution in [2.45, 2.75) is 11.8 Å². The fourth-order valence-electron chi connectivity index (χ4n) is 3.21. The fourth-order valence-corrected chi connectivity index (χ4v) is 4.90. The van der Waals surface area contributed by atoms with Gasteiger partial charge in [0.1, 0.15) is 12.3 Å². The largest absolute Gasteiger partial charge is 0.495 e. The van der Waals surface area contributed by atoms with Crippen molar-refractivity contribution in [1.82, 2.24) is 0 Å². The zero-order valence-corrected chi connectivity index (χ0v) is 20.7. The van der Waals surface area contributed by atoms with Gasteiger partial charge in [-0.2, -0.15) is 0 Å². The van der Waals surface area contributed by atoms with Crippen molar-refractivity contribution in [3.8, 4) is 17.2 Å². The number of nitrogens with one attached hydrogen (secondary N) is 1. The van der Waals surface area contributed by atoms with Gasteiger partial charge < -0.3 is 19.5 Å². The quantitative estimate of drug-likeness (QED) is 0.461. The lowest BCUT2D eigenvalue weighted by molar-refractivity contribution is -0.114. The molecule has 34 heavy (non-hydrogen) atoms. The smallest absolute Gasteiger partial charge is 0.264 e. The number of aryl methyl sites for hydroxylation is 1. The number of hydrogen-bond donors (Lipinski definition) is 1. The van der Waals surface area contributed by atoms with Crippen LogP contribution in [0.1, 0.15) is 5.56 Å². The number of rotatable bonds is 9. The molecular formula is C24H25ClN2O6S. The van der Waals surface area contributed by atoms with Gasteiger partial charge in [0.15, 0.2) is 11.5 Å². The normalized spacial score (nSPS) is 11.0. The third-order valence-corrected chi connectivity index (χ3v) is 7.05. The van der Waals surface area contributed by atoms with Crippen LogP contribution in [0.25, 0.3) is 0 Å². The van der Waals surface area contributed by atoms with E-state index in [1.165, 1.54) is 45.6 Å². The number of methoxy groups -OCH3 is 3. The van der Waals surface area contributed by atoms with Crippen molar-refractivity contribution in [3.63, 3.8) is 0 Å². The van der Waals surface area contributed by atoms with E-state index in [2.05, 4.69) is 5.32 Å². The molecule has 180 valence electrons. The Morgan fingerprint density at radius 1 is 0.882 bits per heavy atom. The summed E-state index contributed by atoms with van der Waals surface area (Å²) in [5.74, 6) is 0.546. The molecule has 3 rings (SSSR count). The topological polar surface area (TPSA) is 94.2 Å². The molecule has 1 N–H and O–H groups in total. The molecule has 0 radical (unpaired) electrons. The van der Waals surface area contributed by atoms with E-state index in [1.807, 2.05) is 6.92 Å². The molecule has 0 heterocycles. The van der Waals surface area contributed by atoms with Crippen molar-refractivity contribution in [2.75, 3.05) is 37.5 Å². The molecule has 3 aromatic carbocycles. The SMILES string of the molecule is COc1ccc(NC(=O)CN(c2ccc(C)cc2)S(=O)(=O)c2ccc(OC)c(OC)c2)cc1Cl. The Morgan fingerprint density at radius 2 is 1.50 bits per heavy atom. The molecule has 0 saturated heterocycles. The number of ether oxygens (including phenoxy) is 3. The number of sulfonamides is 1. The molecule has 0 atom stereocenters. The summed E-state index contributed by atoms with van der Waals surface area (Å²) in [4.78, 5) is 12.8. The summed E-state index contributed by atoms with van der Waals surface area (Å²) in [6.07, 6.45) is 0. The van der Waals surface area contributed by atoms with E-state index < -0.39 is 22.5 Å². The number of hydrogen-bond acceptors (Lipinski definition) is 6. The van der Waals surface area contributed by atoms with Crippen LogP contribution in [-0.4, -0.2) is 42.2 Å². The molecule has 0 unspecified atom stereocenters. The molecule has 0 spiro atoms. The maximum Gasteiger partial charge on any atom is 0.264 e. The monoisotopic (exact) mass is 504 g/mol. The van der Waals surface area contributed by atoms with E-state index in [9.17, 15) is 13.2 Å². The van der Waals surface area contributed by atoms with Gasteiger partial charge >= 0.3 is 0 Å².